The van der Waals surface area contributed by atoms with Crippen molar-refractivity contribution in [3.63, 3.8) is 0 Å². The molecule has 0 atom stereocenters. The Labute approximate surface area is 170 Å². The maximum Gasteiger partial charge on any atom is 0.254 e. The first-order chi connectivity index (χ1) is 13.9. The lowest BCUT2D eigenvalue weighted by Crippen LogP contribution is -2.32. The zero-order valence-electron chi connectivity index (χ0n) is 17.5. The van der Waals surface area contributed by atoms with Gasteiger partial charge in [-0.25, -0.2) is 0 Å². The second-order valence-electron chi connectivity index (χ2n) is 6.72. The Morgan fingerprint density at radius 3 is 2.17 bits per heavy atom. The number of hydrogen-bond donors (Lipinski definition) is 1. The first-order valence-electron chi connectivity index (χ1n) is 9.03. The van der Waals surface area contributed by atoms with Gasteiger partial charge in [0.25, 0.3) is 5.91 Å². The number of allylic oxidation sites excluding steroid dienone is 1. The van der Waals surface area contributed by atoms with Crippen molar-refractivity contribution in [2.24, 2.45) is 0 Å². The molecule has 0 aromatic heterocycles. The molecular formula is C22H25NO6. The second-order valence-corrected chi connectivity index (χ2v) is 6.72. The van der Waals surface area contributed by atoms with E-state index in [9.17, 15) is 9.90 Å². The van der Waals surface area contributed by atoms with E-state index in [1.54, 1.807) is 50.4 Å². The molecule has 0 radical (unpaired) electrons. The number of nitrogens with zero attached hydrogens (tertiary/aromatic N) is 1. The van der Waals surface area contributed by atoms with Crippen LogP contribution in [0.25, 0.3) is 11.1 Å². The van der Waals surface area contributed by atoms with Crippen LogP contribution in [0.1, 0.15) is 23.6 Å². The lowest BCUT2D eigenvalue weighted by atomic mass is 9.87. The van der Waals surface area contributed by atoms with E-state index in [1.807, 2.05) is 6.92 Å². The number of phenolic OH excluding ortho intramolecular Hbond substituents is 1. The lowest BCUT2D eigenvalue weighted by Gasteiger charge is -2.31. The molecule has 1 amide bonds. The predicted molar refractivity (Wildman–Crippen MR) is 110 cm³/mol. The summed E-state index contributed by atoms with van der Waals surface area (Å²) in [6.45, 7) is 2.23. The van der Waals surface area contributed by atoms with E-state index in [4.69, 9.17) is 18.9 Å². The fourth-order valence-electron chi connectivity index (χ4n) is 3.64. The third-order valence-electron chi connectivity index (χ3n) is 5.14. The highest BCUT2D eigenvalue weighted by Gasteiger charge is 2.33. The third-order valence-corrected chi connectivity index (χ3v) is 5.14. The molecule has 0 saturated heterocycles. The fourth-order valence-corrected chi connectivity index (χ4v) is 3.64. The van der Waals surface area contributed by atoms with Crippen LogP contribution in [0.2, 0.25) is 0 Å². The molecule has 7 nitrogen and oxygen atoms in total. The van der Waals surface area contributed by atoms with Crippen LogP contribution in [0, 0.1) is 0 Å². The number of amides is 1. The molecule has 2 aromatic carbocycles. The van der Waals surface area contributed by atoms with E-state index in [-0.39, 0.29) is 11.7 Å². The van der Waals surface area contributed by atoms with Crippen LogP contribution in [-0.4, -0.2) is 51.4 Å². The number of methoxy groups -OCH3 is 4. The Kier molecular flexibility index (Phi) is 5.59. The highest BCUT2D eigenvalue weighted by Crippen LogP contribution is 2.47. The van der Waals surface area contributed by atoms with Crippen molar-refractivity contribution in [1.29, 1.82) is 0 Å². The van der Waals surface area contributed by atoms with Gasteiger partial charge in [-0.3, -0.25) is 4.79 Å². The van der Waals surface area contributed by atoms with E-state index in [0.717, 1.165) is 16.7 Å². The molecule has 1 aliphatic heterocycles. The molecule has 2 aromatic rings. The van der Waals surface area contributed by atoms with E-state index >= 15 is 0 Å². The first kappa shape index (κ1) is 20.4. The highest BCUT2D eigenvalue weighted by atomic mass is 16.5. The molecule has 7 heteroatoms. The summed E-state index contributed by atoms with van der Waals surface area (Å²) in [6, 6.07) is 6.85. The van der Waals surface area contributed by atoms with Crippen LogP contribution in [0.3, 0.4) is 0 Å². The van der Waals surface area contributed by atoms with Crippen LogP contribution in [-0.2, 0) is 11.3 Å². The molecule has 0 saturated carbocycles. The van der Waals surface area contributed by atoms with Crippen LogP contribution >= 0.6 is 0 Å². The van der Waals surface area contributed by atoms with E-state index in [0.29, 0.717) is 40.7 Å². The second kappa shape index (κ2) is 7.95. The van der Waals surface area contributed by atoms with E-state index in [2.05, 4.69) is 0 Å². The summed E-state index contributed by atoms with van der Waals surface area (Å²) < 4.78 is 21.7. The van der Waals surface area contributed by atoms with Crippen molar-refractivity contribution in [2.75, 3.05) is 35.5 Å². The maximum atomic E-state index is 13.1. The minimum atomic E-state index is -0.125. The van der Waals surface area contributed by atoms with Gasteiger partial charge >= 0.3 is 0 Å². The molecular weight excluding hydrogens is 374 g/mol. The van der Waals surface area contributed by atoms with Crippen LogP contribution in [0.4, 0.5) is 0 Å². The largest absolute Gasteiger partial charge is 0.504 e. The highest BCUT2D eigenvalue weighted by molar-refractivity contribution is 6.28. The summed E-state index contributed by atoms with van der Waals surface area (Å²) >= 11 is 0. The van der Waals surface area contributed by atoms with Gasteiger partial charge in [0.05, 0.1) is 40.6 Å². The third kappa shape index (κ3) is 3.33. The minimum absolute atomic E-state index is 0.00618. The lowest BCUT2D eigenvalue weighted by molar-refractivity contribution is -0.124. The molecule has 0 spiro atoms. The summed E-state index contributed by atoms with van der Waals surface area (Å²) in [7, 11) is 7.87. The van der Waals surface area contributed by atoms with Crippen LogP contribution in [0.15, 0.2) is 24.3 Å². The Balaban J connectivity index is 2.32. The van der Waals surface area contributed by atoms with E-state index in [1.165, 1.54) is 14.2 Å². The molecule has 0 unspecified atom stereocenters. The summed E-state index contributed by atoms with van der Waals surface area (Å²) in [5, 5.41) is 10.2. The van der Waals surface area contributed by atoms with Crippen molar-refractivity contribution in [1.82, 2.24) is 4.90 Å². The van der Waals surface area contributed by atoms with Gasteiger partial charge in [0.15, 0.2) is 23.0 Å². The van der Waals surface area contributed by atoms with Crippen LogP contribution in [0.5, 0.6) is 28.7 Å². The molecule has 0 aliphatic carbocycles. The van der Waals surface area contributed by atoms with Gasteiger partial charge in [-0.15, -0.1) is 0 Å². The number of likely N-dealkylation sites (N-methyl/N-ethyl adjacent to an activating group) is 1. The van der Waals surface area contributed by atoms with Crippen molar-refractivity contribution in [2.45, 2.75) is 13.5 Å². The van der Waals surface area contributed by atoms with Crippen molar-refractivity contribution < 1.29 is 28.8 Å². The molecule has 154 valence electrons. The molecule has 3 rings (SSSR count). The smallest absolute Gasteiger partial charge is 0.254 e. The predicted octanol–water partition coefficient (Wildman–Crippen LogP) is 3.33. The number of rotatable bonds is 5. The van der Waals surface area contributed by atoms with Crippen molar-refractivity contribution in [3.8, 4) is 28.7 Å². The molecule has 1 aliphatic rings. The van der Waals surface area contributed by atoms with Gasteiger partial charge in [0, 0.05) is 18.2 Å². The Morgan fingerprint density at radius 2 is 1.62 bits per heavy atom. The molecule has 29 heavy (non-hydrogen) atoms. The van der Waals surface area contributed by atoms with Crippen LogP contribution < -0.4 is 18.9 Å². The van der Waals surface area contributed by atoms with Gasteiger partial charge in [-0.2, -0.15) is 0 Å². The topological polar surface area (TPSA) is 77.5 Å². The Bertz CT molecular complexity index is 995. The number of aromatic hydroxyl groups is 1. The van der Waals surface area contributed by atoms with Crippen molar-refractivity contribution in [3.05, 3.63) is 41.0 Å². The number of phenols is 1. The molecule has 1 heterocycles. The van der Waals surface area contributed by atoms with E-state index < -0.39 is 0 Å². The summed E-state index contributed by atoms with van der Waals surface area (Å²) in [5.41, 5.74) is 3.49. The number of carbonyl (C=O) groups excluding carboxylic acids is 1. The minimum Gasteiger partial charge on any atom is -0.504 e. The number of hydrogen-bond acceptors (Lipinski definition) is 6. The van der Waals surface area contributed by atoms with Gasteiger partial charge in [-0.05, 0) is 36.3 Å². The van der Waals surface area contributed by atoms with Gasteiger partial charge in [0.2, 0.25) is 5.75 Å². The SMILES string of the molecule is COc1ccc(/C(C)=C2/C(=O)N(C)Cc3c2cc(OC)c(OC)c3OC)cc1O. The summed E-state index contributed by atoms with van der Waals surface area (Å²) in [6.07, 6.45) is 0. The standard InChI is InChI=1S/C22H25NO6/c1-12(13-7-8-17(26-3)16(24)9-13)19-14-10-18(27-4)21(29-6)20(28-5)15(14)11-23(2)22(19)25/h7-10,24H,11H2,1-6H3/b19-12+. The van der Waals surface area contributed by atoms with Gasteiger partial charge in [0.1, 0.15) is 0 Å². The summed E-state index contributed by atoms with van der Waals surface area (Å²) in [5.74, 6) is 1.74. The Hall–Kier alpha value is -3.35. The number of fused-ring (bicyclic) bond motifs is 1. The molecule has 0 fully saturated rings. The van der Waals surface area contributed by atoms with Gasteiger partial charge in [-0.1, -0.05) is 6.07 Å². The molecule has 0 bridgehead atoms. The normalized spacial score (nSPS) is 15.0. The first-order valence-corrected chi connectivity index (χ1v) is 9.03. The number of carbonyl (C=O) groups is 1. The maximum absolute atomic E-state index is 13.1. The average molecular weight is 399 g/mol. The quantitative estimate of drug-likeness (QED) is 0.777. The average Bonchev–Trinajstić information content (AvgIpc) is 2.72. The Morgan fingerprint density at radius 1 is 0.966 bits per heavy atom. The zero-order valence-corrected chi connectivity index (χ0v) is 17.5. The number of benzene rings is 2. The fraction of sp³-hybridized carbons (Fsp3) is 0.318. The van der Waals surface area contributed by atoms with Crippen molar-refractivity contribution >= 4 is 17.1 Å². The monoisotopic (exact) mass is 399 g/mol. The number of ether oxygens (including phenoxy) is 4. The summed E-state index contributed by atoms with van der Waals surface area (Å²) in [4.78, 5) is 14.8. The van der Waals surface area contributed by atoms with Gasteiger partial charge < -0.3 is 29.0 Å². The molecule has 1 N–H and O–H groups in total. The zero-order chi connectivity index (χ0) is 21.3.